The molecule has 266 valence electrons. The molecular weight excluding hydrogens is 701 g/mol. The van der Waals surface area contributed by atoms with Crippen LogP contribution < -0.4 is 14.5 Å². The summed E-state index contributed by atoms with van der Waals surface area (Å²) in [5.41, 5.74) is 11.1. The summed E-state index contributed by atoms with van der Waals surface area (Å²) in [6.45, 7) is 0. The van der Waals surface area contributed by atoms with Gasteiger partial charge in [-0.15, -0.1) is 11.3 Å². The van der Waals surface area contributed by atoms with E-state index in [0.29, 0.717) is 0 Å². The molecule has 4 aliphatic rings. The number of benzene rings is 7. The molecule has 4 heteroatoms. The van der Waals surface area contributed by atoms with Crippen molar-refractivity contribution >= 4 is 76.2 Å². The lowest BCUT2D eigenvalue weighted by atomic mass is 9.86. The van der Waals surface area contributed by atoms with Gasteiger partial charge in [-0.05, 0) is 76.0 Å². The predicted molar refractivity (Wildman–Crippen MR) is 236 cm³/mol. The molecule has 2 aliphatic heterocycles. The molecule has 1 aromatic heterocycles. The van der Waals surface area contributed by atoms with Crippen LogP contribution in [0.4, 0.5) is 22.7 Å². The van der Waals surface area contributed by atoms with Gasteiger partial charge in [0.2, 0.25) is 0 Å². The average molecular weight is 737 g/mol. The molecule has 12 rings (SSSR count). The van der Waals surface area contributed by atoms with Gasteiger partial charge in [0.15, 0.2) is 0 Å². The summed E-state index contributed by atoms with van der Waals surface area (Å²) in [6.07, 6.45) is 13.8. The molecule has 0 saturated heterocycles. The van der Waals surface area contributed by atoms with E-state index < -0.39 is 0 Å². The first-order chi connectivity index (χ1) is 27.8. The molecule has 0 radical (unpaired) electrons. The van der Waals surface area contributed by atoms with Crippen molar-refractivity contribution in [3.8, 4) is 5.75 Å². The lowest BCUT2D eigenvalue weighted by Crippen LogP contribution is -2.42. The number of thiophene rings is 1. The summed E-state index contributed by atoms with van der Waals surface area (Å²) in [7, 11) is 0. The average Bonchev–Trinajstić information content (AvgIpc) is 3.94. The molecule has 7 aromatic carbocycles. The van der Waals surface area contributed by atoms with Crippen molar-refractivity contribution in [1.29, 1.82) is 0 Å². The maximum Gasteiger partial charge on any atom is 0.149 e. The molecule has 8 aromatic rings. The Morgan fingerprint density at radius 3 is 2.41 bits per heavy atom. The Kier molecular flexibility index (Phi) is 7.05. The van der Waals surface area contributed by atoms with E-state index >= 15 is 0 Å². The largest absolute Gasteiger partial charge is 0.483 e. The molecule has 0 bridgehead atoms. The number of nitrogens with zero attached hydrogens (tertiary/aromatic N) is 2. The van der Waals surface area contributed by atoms with Gasteiger partial charge < -0.3 is 14.5 Å². The van der Waals surface area contributed by atoms with Gasteiger partial charge in [0.1, 0.15) is 11.9 Å². The molecule has 56 heavy (non-hydrogen) atoms. The normalized spacial score (nSPS) is 20.3. The van der Waals surface area contributed by atoms with E-state index in [0.717, 1.165) is 11.4 Å². The second-order valence-corrected chi connectivity index (χ2v) is 16.2. The van der Waals surface area contributed by atoms with Crippen LogP contribution in [-0.2, 0) is 0 Å². The van der Waals surface area contributed by atoms with Gasteiger partial charge in [0.25, 0.3) is 0 Å². The third kappa shape index (κ3) is 4.82. The molecule has 3 heterocycles. The Labute approximate surface area is 330 Å². The molecule has 0 saturated carbocycles. The first kappa shape index (κ1) is 31.7. The van der Waals surface area contributed by atoms with Gasteiger partial charge in [-0.25, -0.2) is 0 Å². The minimum Gasteiger partial charge on any atom is -0.483 e. The summed E-state index contributed by atoms with van der Waals surface area (Å²) in [5.74, 6) is 1.24. The molecule has 3 nitrogen and oxygen atoms in total. The zero-order valence-corrected chi connectivity index (χ0v) is 31.3. The fourth-order valence-electron chi connectivity index (χ4n) is 9.57. The Morgan fingerprint density at radius 2 is 1.46 bits per heavy atom. The highest BCUT2D eigenvalue weighted by Crippen LogP contribution is 2.50. The van der Waals surface area contributed by atoms with Crippen molar-refractivity contribution in [1.82, 2.24) is 0 Å². The van der Waals surface area contributed by atoms with E-state index in [1.807, 2.05) is 11.3 Å². The van der Waals surface area contributed by atoms with Crippen molar-refractivity contribution in [2.24, 2.45) is 0 Å². The Morgan fingerprint density at radius 1 is 0.661 bits per heavy atom. The van der Waals surface area contributed by atoms with Crippen LogP contribution in [-0.4, -0.2) is 18.2 Å². The van der Waals surface area contributed by atoms with Crippen molar-refractivity contribution in [3.05, 3.63) is 211 Å². The first-order valence-corrected chi connectivity index (χ1v) is 20.3. The second-order valence-electron chi connectivity index (χ2n) is 15.2. The van der Waals surface area contributed by atoms with Gasteiger partial charge in [0.05, 0.1) is 22.5 Å². The number of hydrogen-bond donors (Lipinski definition) is 0. The summed E-state index contributed by atoms with van der Waals surface area (Å²) in [6, 6.07) is 57.7. The third-order valence-corrected chi connectivity index (χ3v) is 13.3. The Bertz CT molecular complexity index is 3000. The van der Waals surface area contributed by atoms with Crippen LogP contribution in [0.5, 0.6) is 5.75 Å². The summed E-state index contributed by atoms with van der Waals surface area (Å²) in [4.78, 5) is 5.05. The van der Waals surface area contributed by atoms with E-state index in [1.165, 1.54) is 75.8 Å². The van der Waals surface area contributed by atoms with Gasteiger partial charge in [-0.2, -0.15) is 0 Å². The zero-order valence-electron chi connectivity index (χ0n) is 30.5. The molecular formula is C52H36N2OS. The molecule has 4 unspecified atom stereocenters. The highest BCUT2D eigenvalue weighted by Gasteiger charge is 2.40. The zero-order chi connectivity index (χ0) is 36.7. The fraction of sp³-hybridized carbons (Fsp3) is 0.0769. The summed E-state index contributed by atoms with van der Waals surface area (Å²) in [5, 5.41) is 5.11. The van der Waals surface area contributed by atoms with Gasteiger partial charge in [-0.3, -0.25) is 0 Å². The van der Waals surface area contributed by atoms with Crippen LogP contribution in [0, 0.1) is 0 Å². The number of rotatable bonds is 5. The first-order valence-electron chi connectivity index (χ1n) is 19.5. The van der Waals surface area contributed by atoms with E-state index in [4.69, 9.17) is 4.74 Å². The molecule has 0 N–H and O–H groups in total. The molecule has 0 spiro atoms. The van der Waals surface area contributed by atoms with E-state index in [1.54, 1.807) is 0 Å². The van der Waals surface area contributed by atoms with Gasteiger partial charge in [-0.1, -0.05) is 146 Å². The monoisotopic (exact) mass is 736 g/mol. The second kappa shape index (κ2) is 12.5. The Hall–Kier alpha value is -6.62. The number of fused-ring (bicyclic) bond motifs is 10. The summed E-state index contributed by atoms with van der Waals surface area (Å²) < 4.78 is 9.38. The SMILES string of the molecule is C1=CC(N(c2ccc(C3=CC4C(C=C3)c3ccccc3N4c3ccc4ccccc4c3)cc2)c2cccc3c2sc2ccccc23)C2Oc3ccccc3C2=C1. The fourth-order valence-corrected chi connectivity index (χ4v) is 10.8. The van der Waals surface area contributed by atoms with Crippen molar-refractivity contribution in [3.63, 3.8) is 0 Å². The molecule has 0 fully saturated rings. The maximum absolute atomic E-state index is 6.79. The molecule has 4 atom stereocenters. The standard InChI is InChI=1S/C52H36N2OS/c1-2-12-35-31-38(29-25-33(35)11-1)54-45-18-6-3-13-39(45)40-30-26-36(32-48(40)54)34-23-27-37(28-24-34)53(46-19-9-16-43-41-14-4-7-21-49(41)55-51(43)46)47-20-10-17-44-42-15-5-8-22-50(42)56-52(44)47/h1-32,40,46,48,51H. The van der Waals surface area contributed by atoms with Crippen LogP contribution in [0.3, 0.4) is 0 Å². The van der Waals surface area contributed by atoms with Crippen molar-refractivity contribution < 1.29 is 4.74 Å². The smallest absolute Gasteiger partial charge is 0.149 e. The number of para-hydroxylation sites is 2. The van der Waals surface area contributed by atoms with E-state index in [9.17, 15) is 0 Å². The number of hydrogen-bond acceptors (Lipinski definition) is 4. The lowest BCUT2D eigenvalue weighted by molar-refractivity contribution is 0.258. The predicted octanol–water partition coefficient (Wildman–Crippen LogP) is 13.4. The van der Waals surface area contributed by atoms with Crippen molar-refractivity contribution in [2.45, 2.75) is 24.1 Å². The van der Waals surface area contributed by atoms with Crippen molar-refractivity contribution in [2.75, 3.05) is 9.80 Å². The topological polar surface area (TPSA) is 15.7 Å². The number of anilines is 4. The highest BCUT2D eigenvalue weighted by molar-refractivity contribution is 7.26. The minimum absolute atomic E-state index is 0.0499. The maximum atomic E-state index is 6.79. The third-order valence-electron chi connectivity index (χ3n) is 12.1. The van der Waals surface area contributed by atoms with Gasteiger partial charge >= 0.3 is 0 Å². The van der Waals surface area contributed by atoms with Gasteiger partial charge in [0, 0.05) is 49.6 Å². The van der Waals surface area contributed by atoms with Crippen LogP contribution in [0.1, 0.15) is 22.6 Å². The van der Waals surface area contributed by atoms with Crippen LogP contribution in [0.2, 0.25) is 0 Å². The highest BCUT2D eigenvalue weighted by atomic mass is 32.1. The Balaban J connectivity index is 0.951. The number of ether oxygens (including phenoxy) is 1. The van der Waals surface area contributed by atoms with Crippen LogP contribution >= 0.6 is 11.3 Å². The quantitative estimate of drug-likeness (QED) is 0.175. The van der Waals surface area contributed by atoms with E-state index in [2.05, 4.69) is 204 Å². The summed E-state index contributed by atoms with van der Waals surface area (Å²) >= 11 is 1.87. The lowest BCUT2D eigenvalue weighted by Gasteiger charge is -2.37. The number of allylic oxidation sites excluding steroid dienone is 4. The molecule has 0 amide bonds. The molecule has 2 aliphatic carbocycles. The van der Waals surface area contributed by atoms with Crippen LogP contribution in [0.15, 0.2) is 194 Å². The van der Waals surface area contributed by atoms with E-state index in [-0.39, 0.29) is 24.1 Å². The minimum atomic E-state index is -0.132. The van der Waals surface area contributed by atoms with Crippen LogP contribution in [0.25, 0.3) is 42.1 Å².